The van der Waals surface area contributed by atoms with Crippen LogP contribution in [0.5, 0.6) is 0 Å². The van der Waals surface area contributed by atoms with Gasteiger partial charge in [-0.25, -0.2) is 0 Å². The number of alkyl halides is 3. The van der Waals surface area contributed by atoms with Crippen molar-refractivity contribution in [3.8, 4) is 0 Å². The van der Waals surface area contributed by atoms with Crippen molar-refractivity contribution in [2.24, 2.45) is 5.92 Å². The Morgan fingerprint density at radius 3 is 2.48 bits per heavy atom. The first-order valence-corrected chi connectivity index (χ1v) is 7.98. The molecule has 0 aromatic carbocycles. The molecule has 0 aromatic rings. The molecule has 2 rings (SSSR count). The van der Waals surface area contributed by atoms with Gasteiger partial charge in [0.05, 0.1) is 18.6 Å². The van der Waals surface area contributed by atoms with Gasteiger partial charge in [0, 0.05) is 6.04 Å². The van der Waals surface area contributed by atoms with E-state index in [0.29, 0.717) is 12.3 Å². The van der Waals surface area contributed by atoms with E-state index in [0.717, 1.165) is 32.1 Å². The van der Waals surface area contributed by atoms with Gasteiger partial charge in [-0.15, -0.1) is 0 Å². The average molecular weight is 306 g/mol. The Kier molecular flexibility index (Phi) is 5.17. The summed E-state index contributed by atoms with van der Waals surface area (Å²) in [7, 11) is 0. The van der Waals surface area contributed by atoms with Crippen molar-refractivity contribution < 1.29 is 18.0 Å². The summed E-state index contributed by atoms with van der Waals surface area (Å²) < 4.78 is 38.0. The van der Waals surface area contributed by atoms with Crippen molar-refractivity contribution in [1.82, 2.24) is 10.2 Å². The van der Waals surface area contributed by atoms with Gasteiger partial charge in [-0.2, -0.15) is 13.2 Å². The summed E-state index contributed by atoms with van der Waals surface area (Å²) in [6.45, 7) is 3.50. The van der Waals surface area contributed by atoms with Crippen LogP contribution in [-0.2, 0) is 4.79 Å². The zero-order chi connectivity index (χ0) is 15.6. The lowest BCUT2D eigenvalue weighted by molar-refractivity contribution is -0.154. The SMILES string of the molecule is CCCC1NC(C2CCCC2)N(C(C)CC(F)(F)F)C1=O. The molecule has 1 N–H and O–H groups in total. The Morgan fingerprint density at radius 2 is 1.95 bits per heavy atom. The van der Waals surface area contributed by atoms with Crippen molar-refractivity contribution >= 4 is 5.91 Å². The number of carbonyl (C=O) groups is 1. The second-order valence-corrected chi connectivity index (χ2v) is 6.41. The zero-order valence-corrected chi connectivity index (χ0v) is 12.7. The number of nitrogens with one attached hydrogen (secondary N) is 1. The minimum absolute atomic E-state index is 0.148. The molecule has 1 saturated heterocycles. The fourth-order valence-corrected chi connectivity index (χ4v) is 3.73. The molecule has 0 aromatic heterocycles. The number of amides is 1. The molecule has 0 spiro atoms. The van der Waals surface area contributed by atoms with Gasteiger partial charge >= 0.3 is 6.18 Å². The maximum Gasteiger partial charge on any atom is 0.391 e. The summed E-state index contributed by atoms with van der Waals surface area (Å²) in [6.07, 6.45) is 0.380. The summed E-state index contributed by atoms with van der Waals surface area (Å²) in [6, 6.07) is -1.10. The highest BCUT2D eigenvalue weighted by Crippen LogP contribution is 2.35. The molecule has 0 bridgehead atoms. The van der Waals surface area contributed by atoms with Crippen molar-refractivity contribution in [2.75, 3.05) is 0 Å². The highest BCUT2D eigenvalue weighted by molar-refractivity contribution is 5.84. The summed E-state index contributed by atoms with van der Waals surface area (Å²) in [4.78, 5) is 14.0. The van der Waals surface area contributed by atoms with Gasteiger partial charge in [0.1, 0.15) is 0 Å². The first-order chi connectivity index (χ1) is 9.83. The predicted molar refractivity (Wildman–Crippen MR) is 74.6 cm³/mol. The average Bonchev–Trinajstić information content (AvgIpc) is 2.96. The number of nitrogens with zero attached hydrogens (tertiary/aromatic N) is 1. The standard InChI is InChI=1S/C15H25F3N2O/c1-3-6-12-14(21)20(10(2)9-15(16,17)18)13(19-12)11-7-4-5-8-11/h10-13,19H,3-9H2,1-2H3. The van der Waals surface area contributed by atoms with Crippen molar-refractivity contribution in [3.63, 3.8) is 0 Å². The van der Waals surface area contributed by atoms with Gasteiger partial charge in [-0.05, 0) is 32.1 Å². The third-order valence-electron chi connectivity index (χ3n) is 4.65. The first kappa shape index (κ1) is 16.6. The fourth-order valence-electron chi connectivity index (χ4n) is 3.73. The van der Waals surface area contributed by atoms with Gasteiger partial charge in [0.2, 0.25) is 5.91 Å². The molecule has 2 aliphatic rings. The molecule has 3 nitrogen and oxygen atoms in total. The highest BCUT2D eigenvalue weighted by atomic mass is 19.4. The van der Waals surface area contributed by atoms with Crippen molar-refractivity contribution in [3.05, 3.63) is 0 Å². The highest BCUT2D eigenvalue weighted by Gasteiger charge is 2.46. The van der Waals surface area contributed by atoms with Crippen LogP contribution in [0.4, 0.5) is 13.2 Å². The quantitative estimate of drug-likeness (QED) is 0.844. The Hall–Kier alpha value is -0.780. The van der Waals surface area contributed by atoms with E-state index in [1.165, 1.54) is 11.8 Å². The van der Waals surface area contributed by atoms with E-state index in [1.54, 1.807) is 0 Å². The number of halogens is 3. The lowest BCUT2D eigenvalue weighted by Gasteiger charge is -2.34. The summed E-state index contributed by atoms with van der Waals surface area (Å²) in [5.74, 6) is 0.150. The van der Waals surface area contributed by atoms with Crippen LogP contribution in [0, 0.1) is 5.92 Å². The van der Waals surface area contributed by atoms with E-state index in [1.807, 2.05) is 6.92 Å². The second-order valence-electron chi connectivity index (χ2n) is 6.41. The van der Waals surface area contributed by atoms with E-state index < -0.39 is 18.6 Å². The minimum atomic E-state index is -4.23. The van der Waals surface area contributed by atoms with Crippen LogP contribution in [0.25, 0.3) is 0 Å². The van der Waals surface area contributed by atoms with Crippen LogP contribution in [-0.4, -0.2) is 35.2 Å². The van der Waals surface area contributed by atoms with Crippen molar-refractivity contribution in [2.45, 2.75) is 83.2 Å². The largest absolute Gasteiger partial charge is 0.391 e. The molecule has 1 heterocycles. The van der Waals surface area contributed by atoms with Gasteiger partial charge in [-0.3, -0.25) is 10.1 Å². The number of hydrogen-bond donors (Lipinski definition) is 1. The third kappa shape index (κ3) is 3.90. The van der Waals surface area contributed by atoms with E-state index in [9.17, 15) is 18.0 Å². The molecule has 2 fully saturated rings. The van der Waals surface area contributed by atoms with Gasteiger partial charge < -0.3 is 4.90 Å². The van der Waals surface area contributed by atoms with Crippen molar-refractivity contribution in [1.29, 1.82) is 0 Å². The maximum atomic E-state index is 12.7. The predicted octanol–water partition coefficient (Wildman–Crippen LogP) is 3.44. The molecule has 0 radical (unpaired) electrons. The fraction of sp³-hybridized carbons (Fsp3) is 0.933. The summed E-state index contributed by atoms with van der Waals surface area (Å²) in [5, 5.41) is 3.31. The topological polar surface area (TPSA) is 32.3 Å². The number of hydrogen-bond acceptors (Lipinski definition) is 2. The van der Waals surface area contributed by atoms with Crippen LogP contribution >= 0.6 is 0 Å². The van der Waals surface area contributed by atoms with Gasteiger partial charge in [-0.1, -0.05) is 26.2 Å². The van der Waals surface area contributed by atoms with E-state index >= 15 is 0 Å². The number of rotatable bonds is 5. The molecule has 3 unspecified atom stereocenters. The monoisotopic (exact) mass is 306 g/mol. The minimum Gasteiger partial charge on any atom is -0.322 e. The van der Waals surface area contributed by atoms with Crippen LogP contribution in [0.3, 0.4) is 0 Å². The Morgan fingerprint density at radius 1 is 1.33 bits per heavy atom. The molecule has 6 heteroatoms. The normalized spacial score (nSPS) is 29.4. The van der Waals surface area contributed by atoms with Gasteiger partial charge in [0.15, 0.2) is 0 Å². The molecule has 3 atom stereocenters. The van der Waals surface area contributed by atoms with E-state index in [4.69, 9.17) is 0 Å². The molecule has 21 heavy (non-hydrogen) atoms. The second kappa shape index (κ2) is 6.55. The first-order valence-electron chi connectivity index (χ1n) is 7.98. The smallest absolute Gasteiger partial charge is 0.322 e. The molecule has 1 aliphatic carbocycles. The molecular formula is C15H25F3N2O. The lowest BCUT2D eigenvalue weighted by atomic mass is 10.0. The van der Waals surface area contributed by atoms with Crippen LogP contribution < -0.4 is 5.32 Å². The summed E-state index contributed by atoms with van der Waals surface area (Å²) in [5.41, 5.74) is 0. The Balaban J connectivity index is 2.13. The van der Waals surface area contributed by atoms with Gasteiger partial charge in [0.25, 0.3) is 0 Å². The lowest BCUT2D eigenvalue weighted by Crippen LogP contribution is -2.48. The maximum absolute atomic E-state index is 12.7. The number of carbonyl (C=O) groups excluding carboxylic acids is 1. The van der Waals surface area contributed by atoms with E-state index in [-0.39, 0.29) is 18.1 Å². The van der Waals surface area contributed by atoms with E-state index in [2.05, 4.69) is 5.32 Å². The third-order valence-corrected chi connectivity index (χ3v) is 4.65. The Bertz CT molecular complexity index is 366. The van der Waals surface area contributed by atoms with Crippen LogP contribution in [0.2, 0.25) is 0 Å². The zero-order valence-electron chi connectivity index (χ0n) is 12.7. The molecule has 1 amide bonds. The van der Waals surface area contributed by atoms with Crippen LogP contribution in [0.15, 0.2) is 0 Å². The molecule has 122 valence electrons. The molecular weight excluding hydrogens is 281 g/mol. The Labute approximate surface area is 124 Å². The van der Waals surface area contributed by atoms with Crippen LogP contribution in [0.1, 0.15) is 58.8 Å². The summed E-state index contributed by atoms with van der Waals surface area (Å²) >= 11 is 0. The molecule has 1 aliphatic heterocycles. The molecule has 1 saturated carbocycles.